The summed E-state index contributed by atoms with van der Waals surface area (Å²) >= 11 is 7.40. The van der Waals surface area contributed by atoms with Crippen molar-refractivity contribution in [1.82, 2.24) is 5.32 Å². The lowest BCUT2D eigenvalue weighted by molar-refractivity contribution is -0.0262. The van der Waals surface area contributed by atoms with Crippen molar-refractivity contribution in [2.75, 3.05) is 13.2 Å². The van der Waals surface area contributed by atoms with Crippen LogP contribution in [0.2, 0.25) is 4.34 Å². The second kappa shape index (κ2) is 5.02. The number of thiophene rings is 1. The van der Waals surface area contributed by atoms with E-state index in [1.807, 2.05) is 19.1 Å². The average molecular weight is 262 g/mol. The molecule has 5 heteroatoms. The summed E-state index contributed by atoms with van der Waals surface area (Å²) in [5.41, 5.74) is -0.721. The second-order valence-electron chi connectivity index (χ2n) is 4.18. The van der Waals surface area contributed by atoms with Crippen LogP contribution in [0.25, 0.3) is 0 Å². The van der Waals surface area contributed by atoms with Crippen molar-refractivity contribution >= 4 is 22.9 Å². The molecule has 1 aliphatic rings. The molecule has 0 spiro atoms. The molecule has 0 aromatic carbocycles. The molecule has 0 radical (unpaired) electrons. The molecule has 16 heavy (non-hydrogen) atoms. The van der Waals surface area contributed by atoms with Gasteiger partial charge in [-0.05, 0) is 19.1 Å². The van der Waals surface area contributed by atoms with Gasteiger partial charge < -0.3 is 15.2 Å². The van der Waals surface area contributed by atoms with Gasteiger partial charge in [-0.1, -0.05) is 11.6 Å². The molecule has 3 nitrogen and oxygen atoms in total. The lowest BCUT2D eigenvalue weighted by Crippen LogP contribution is -2.45. The first kappa shape index (κ1) is 12.3. The summed E-state index contributed by atoms with van der Waals surface area (Å²) < 4.78 is 6.17. The topological polar surface area (TPSA) is 41.5 Å². The van der Waals surface area contributed by atoms with Crippen molar-refractivity contribution in [1.29, 1.82) is 0 Å². The summed E-state index contributed by atoms with van der Waals surface area (Å²) in [6.45, 7) is 3.86. The Morgan fingerprint density at radius 1 is 1.69 bits per heavy atom. The predicted octanol–water partition coefficient (Wildman–Crippen LogP) is 2.03. The van der Waals surface area contributed by atoms with Gasteiger partial charge in [0.1, 0.15) is 5.60 Å². The largest absolute Gasteiger partial charge is 0.386 e. The smallest absolute Gasteiger partial charge is 0.105 e. The van der Waals surface area contributed by atoms with Crippen molar-refractivity contribution < 1.29 is 9.84 Å². The van der Waals surface area contributed by atoms with Gasteiger partial charge in [-0.2, -0.15) is 0 Å². The minimum Gasteiger partial charge on any atom is -0.386 e. The Hall–Kier alpha value is -0.130. The molecule has 0 aliphatic carbocycles. The van der Waals surface area contributed by atoms with E-state index < -0.39 is 5.60 Å². The van der Waals surface area contributed by atoms with Crippen molar-refractivity contribution in [2.45, 2.75) is 31.6 Å². The minimum absolute atomic E-state index is 0.0908. The highest BCUT2D eigenvalue weighted by atomic mass is 35.5. The van der Waals surface area contributed by atoms with E-state index in [1.54, 1.807) is 11.3 Å². The number of ether oxygens (including phenoxy) is 1. The third-order valence-electron chi connectivity index (χ3n) is 3.02. The van der Waals surface area contributed by atoms with Gasteiger partial charge in [0.2, 0.25) is 0 Å². The van der Waals surface area contributed by atoms with Crippen LogP contribution in [-0.2, 0) is 11.3 Å². The fourth-order valence-corrected chi connectivity index (χ4v) is 2.91. The molecule has 1 fully saturated rings. The maximum atomic E-state index is 10.2. The molecule has 1 aromatic heterocycles. The normalized spacial score (nSPS) is 29.8. The lowest BCUT2D eigenvalue weighted by Gasteiger charge is -2.26. The number of rotatable bonds is 4. The van der Waals surface area contributed by atoms with E-state index in [-0.39, 0.29) is 6.10 Å². The van der Waals surface area contributed by atoms with Gasteiger partial charge in [0, 0.05) is 31.0 Å². The van der Waals surface area contributed by atoms with E-state index in [0.717, 1.165) is 10.9 Å². The Bertz CT molecular complexity index is 358. The van der Waals surface area contributed by atoms with Gasteiger partial charge in [0.25, 0.3) is 0 Å². The number of hydrogen-bond donors (Lipinski definition) is 2. The average Bonchev–Trinajstić information content (AvgIpc) is 2.76. The van der Waals surface area contributed by atoms with Gasteiger partial charge in [0.05, 0.1) is 10.4 Å². The van der Waals surface area contributed by atoms with Crippen molar-refractivity contribution in [3.63, 3.8) is 0 Å². The summed E-state index contributed by atoms with van der Waals surface area (Å²) in [6.07, 6.45) is 0.610. The summed E-state index contributed by atoms with van der Waals surface area (Å²) in [6, 6.07) is 3.89. The molecule has 2 atom stereocenters. The van der Waals surface area contributed by atoms with Crippen LogP contribution in [0.15, 0.2) is 12.1 Å². The first-order valence-corrected chi connectivity index (χ1v) is 6.58. The van der Waals surface area contributed by atoms with Crippen LogP contribution in [0.1, 0.15) is 18.2 Å². The van der Waals surface area contributed by atoms with Crippen LogP contribution in [-0.4, -0.2) is 30.0 Å². The molecule has 2 N–H and O–H groups in total. The summed E-state index contributed by atoms with van der Waals surface area (Å²) in [4.78, 5) is 1.18. The van der Waals surface area contributed by atoms with E-state index in [9.17, 15) is 5.11 Å². The van der Waals surface area contributed by atoms with Gasteiger partial charge in [0.15, 0.2) is 0 Å². The molecular weight excluding hydrogens is 246 g/mol. The third-order valence-corrected chi connectivity index (χ3v) is 4.25. The monoisotopic (exact) mass is 261 g/mol. The fraction of sp³-hybridized carbons (Fsp3) is 0.636. The first-order valence-electron chi connectivity index (χ1n) is 5.39. The highest BCUT2D eigenvalue weighted by molar-refractivity contribution is 7.16. The third kappa shape index (κ3) is 2.76. The zero-order chi connectivity index (χ0) is 11.6. The van der Waals surface area contributed by atoms with Gasteiger partial charge in [-0.25, -0.2) is 0 Å². The maximum Gasteiger partial charge on any atom is 0.105 e. The quantitative estimate of drug-likeness (QED) is 0.872. The standard InChI is InChI=1S/C11H16ClNO2S/c1-8-11(14,4-5-15-8)7-13-6-9-2-3-10(12)16-9/h2-3,8,13-14H,4-7H2,1H3. The molecule has 90 valence electrons. The van der Waals surface area contributed by atoms with Gasteiger partial charge in [-0.3, -0.25) is 0 Å². The first-order chi connectivity index (χ1) is 7.60. The van der Waals surface area contributed by atoms with Crippen LogP contribution in [0, 0.1) is 0 Å². The van der Waals surface area contributed by atoms with Crippen LogP contribution < -0.4 is 5.32 Å². The van der Waals surface area contributed by atoms with E-state index in [4.69, 9.17) is 16.3 Å². The molecule has 0 amide bonds. The molecule has 2 heterocycles. The summed E-state index contributed by atoms with van der Waals surface area (Å²) in [5.74, 6) is 0. The Labute approximate surface area is 104 Å². The van der Waals surface area contributed by atoms with Gasteiger partial charge in [-0.15, -0.1) is 11.3 Å². The highest BCUT2D eigenvalue weighted by Gasteiger charge is 2.38. The summed E-state index contributed by atoms with van der Waals surface area (Å²) in [5, 5.41) is 13.5. The zero-order valence-electron chi connectivity index (χ0n) is 9.20. The predicted molar refractivity (Wildman–Crippen MR) is 66.0 cm³/mol. The lowest BCUT2D eigenvalue weighted by atomic mass is 9.97. The van der Waals surface area contributed by atoms with Crippen LogP contribution in [0.4, 0.5) is 0 Å². The molecule has 1 aliphatic heterocycles. The van der Waals surface area contributed by atoms with Crippen molar-refractivity contribution in [3.05, 3.63) is 21.3 Å². The number of hydrogen-bond acceptors (Lipinski definition) is 4. The Morgan fingerprint density at radius 3 is 3.06 bits per heavy atom. The Morgan fingerprint density at radius 2 is 2.50 bits per heavy atom. The number of nitrogens with one attached hydrogen (secondary N) is 1. The van der Waals surface area contributed by atoms with Crippen molar-refractivity contribution in [3.8, 4) is 0 Å². The fourth-order valence-electron chi connectivity index (χ4n) is 1.85. The van der Waals surface area contributed by atoms with Crippen LogP contribution in [0.5, 0.6) is 0 Å². The molecule has 1 aromatic rings. The SMILES string of the molecule is CC1OCCC1(O)CNCc1ccc(Cl)s1. The highest BCUT2D eigenvalue weighted by Crippen LogP contribution is 2.25. The Balaban J connectivity index is 1.79. The van der Waals surface area contributed by atoms with E-state index in [2.05, 4.69) is 5.32 Å². The second-order valence-corrected chi connectivity index (χ2v) is 5.98. The zero-order valence-corrected chi connectivity index (χ0v) is 10.8. The van der Waals surface area contributed by atoms with Crippen LogP contribution in [0.3, 0.4) is 0 Å². The molecule has 1 saturated heterocycles. The number of halogens is 1. The van der Waals surface area contributed by atoms with Crippen molar-refractivity contribution in [2.24, 2.45) is 0 Å². The molecule has 0 saturated carbocycles. The molecule has 2 unspecified atom stereocenters. The van der Waals surface area contributed by atoms with E-state index in [0.29, 0.717) is 19.6 Å². The Kier molecular flexibility index (Phi) is 3.87. The maximum absolute atomic E-state index is 10.2. The number of aliphatic hydroxyl groups is 1. The minimum atomic E-state index is -0.721. The van der Waals surface area contributed by atoms with Crippen LogP contribution >= 0.6 is 22.9 Å². The van der Waals surface area contributed by atoms with E-state index in [1.165, 1.54) is 4.88 Å². The van der Waals surface area contributed by atoms with Gasteiger partial charge >= 0.3 is 0 Å². The molecular formula is C11H16ClNO2S. The summed E-state index contributed by atoms with van der Waals surface area (Å²) in [7, 11) is 0. The molecule has 0 bridgehead atoms. The van der Waals surface area contributed by atoms with E-state index >= 15 is 0 Å². The molecule has 2 rings (SSSR count).